The summed E-state index contributed by atoms with van der Waals surface area (Å²) in [5.74, 6) is 0.227. The van der Waals surface area contributed by atoms with Crippen LogP contribution in [0.4, 0.5) is 0 Å². The van der Waals surface area contributed by atoms with Gasteiger partial charge in [0.1, 0.15) is 5.75 Å². The van der Waals surface area contributed by atoms with Crippen molar-refractivity contribution in [2.45, 2.75) is 6.54 Å². The normalized spacial score (nSPS) is 18.6. The van der Waals surface area contributed by atoms with E-state index in [-0.39, 0.29) is 5.75 Å². The summed E-state index contributed by atoms with van der Waals surface area (Å²) in [6.07, 6.45) is 1.25. The highest BCUT2D eigenvalue weighted by Gasteiger charge is 2.23. The first-order chi connectivity index (χ1) is 8.86. The molecule has 1 saturated heterocycles. The Morgan fingerprint density at radius 2 is 1.89 bits per heavy atom. The Morgan fingerprint density at radius 1 is 1.26 bits per heavy atom. The van der Waals surface area contributed by atoms with Crippen molar-refractivity contribution in [1.82, 2.24) is 9.21 Å². The van der Waals surface area contributed by atoms with Crippen LogP contribution in [0.5, 0.6) is 5.75 Å². The van der Waals surface area contributed by atoms with Crippen molar-refractivity contribution < 1.29 is 13.5 Å². The highest BCUT2D eigenvalue weighted by Crippen LogP contribution is 2.25. The molecule has 0 unspecified atom stereocenters. The molecule has 2 rings (SSSR count). The molecule has 0 atom stereocenters. The summed E-state index contributed by atoms with van der Waals surface area (Å²) in [5, 5.41) is 9.44. The average Bonchev–Trinajstić information content (AvgIpc) is 2.33. The molecule has 0 aromatic heterocycles. The molecular formula is C12H17BrN2O3S. The maximum Gasteiger partial charge on any atom is 0.211 e. The van der Waals surface area contributed by atoms with Crippen molar-refractivity contribution in [2.24, 2.45) is 0 Å². The number of piperazine rings is 1. The SMILES string of the molecule is CS(=O)(=O)N1CCN(Cc2ccc(O)c(Br)c2)CC1. The molecule has 1 aliphatic rings. The second kappa shape index (κ2) is 5.78. The molecule has 1 aromatic carbocycles. The first-order valence-electron chi connectivity index (χ1n) is 6.01. The van der Waals surface area contributed by atoms with E-state index >= 15 is 0 Å². The Balaban J connectivity index is 1.94. The topological polar surface area (TPSA) is 60.9 Å². The van der Waals surface area contributed by atoms with Gasteiger partial charge < -0.3 is 5.11 Å². The van der Waals surface area contributed by atoms with Crippen molar-refractivity contribution in [3.05, 3.63) is 28.2 Å². The molecule has 1 aromatic rings. The second-order valence-electron chi connectivity index (χ2n) is 4.72. The summed E-state index contributed by atoms with van der Waals surface area (Å²) in [6.45, 7) is 3.30. The molecule has 0 spiro atoms. The summed E-state index contributed by atoms with van der Waals surface area (Å²) in [4.78, 5) is 2.21. The van der Waals surface area contributed by atoms with Gasteiger partial charge in [-0.2, -0.15) is 4.31 Å². The fourth-order valence-electron chi connectivity index (χ4n) is 2.13. The molecule has 0 aliphatic carbocycles. The molecule has 106 valence electrons. The highest BCUT2D eigenvalue weighted by atomic mass is 79.9. The predicted molar refractivity (Wildman–Crippen MR) is 77.5 cm³/mol. The van der Waals surface area contributed by atoms with Gasteiger partial charge in [0.05, 0.1) is 10.7 Å². The van der Waals surface area contributed by atoms with Crippen molar-refractivity contribution in [1.29, 1.82) is 0 Å². The number of hydrogen-bond donors (Lipinski definition) is 1. The van der Waals surface area contributed by atoms with Crippen LogP contribution in [0.25, 0.3) is 0 Å². The summed E-state index contributed by atoms with van der Waals surface area (Å²) in [6, 6.07) is 5.42. The number of aromatic hydroxyl groups is 1. The van der Waals surface area contributed by atoms with Crippen molar-refractivity contribution >= 4 is 26.0 Å². The molecule has 1 aliphatic heterocycles. The molecule has 19 heavy (non-hydrogen) atoms. The van der Waals surface area contributed by atoms with E-state index in [2.05, 4.69) is 20.8 Å². The lowest BCUT2D eigenvalue weighted by atomic mass is 10.2. The van der Waals surface area contributed by atoms with Crippen LogP contribution in [0.2, 0.25) is 0 Å². The zero-order chi connectivity index (χ0) is 14.0. The van der Waals surface area contributed by atoms with Crippen LogP contribution in [0, 0.1) is 0 Å². The molecular weight excluding hydrogens is 332 g/mol. The quantitative estimate of drug-likeness (QED) is 0.892. The second-order valence-corrected chi connectivity index (χ2v) is 7.56. The summed E-state index contributed by atoms with van der Waals surface area (Å²) in [5.41, 5.74) is 1.09. The number of phenolic OH excluding ortho intramolecular Hbond substituents is 1. The van der Waals surface area contributed by atoms with E-state index in [4.69, 9.17) is 0 Å². The van der Waals surface area contributed by atoms with Crippen LogP contribution in [-0.4, -0.2) is 55.2 Å². The van der Waals surface area contributed by atoms with E-state index in [0.717, 1.165) is 25.2 Å². The number of rotatable bonds is 3. The van der Waals surface area contributed by atoms with Gasteiger partial charge in [-0.05, 0) is 33.6 Å². The lowest BCUT2D eigenvalue weighted by Crippen LogP contribution is -2.47. The Labute approximate surface area is 122 Å². The van der Waals surface area contributed by atoms with Gasteiger partial charge in [0, 0.05) is 32.7 Å². The Bertz CT molecular complexity index is 554. The minimum absolute atomic E-state index is 0.227. The van der Waals surface area contributed by atoms with Crippen LogP contribution in [0.15, 0.2) is 22.7 Å². The maximum atomic E-state index is 11.4. The van der Waals surface area contributed by atoms with Gasteiger partial charge in [0.2, 0.25) is 10.0 Å². The smallest absolute Gasteiger partial charge is 0.211 e. The number of halogens is 1. The van der Waals surface area contributed by atoms with Gasteiger partial charge >= 0.3 is 0 Å². The van der Waals surface area contributed by atoms with Gasteiger partial charge in [-0.1, -0.05) is 6.07 Å². The fourth-order valence-corrected chi connectivity index (χ4v) is 3.38. The molecule has 7 heteroatoms. The molecule has 0 saturated carbocycles. The first kappa shape index (κ1) is 14.8. The van der Waals surface area contributed by atoms with E-state index in [1.807, 2.05) is 12.1 Å². The lowest BCUT2D eigenvalue weighted by Gasteiger charge is -2.33. The highest BCUT2D eigenvalue weighted by molar-refractivity contribution is 9.10. The predicted octanol–water partition coefficient (Wildman–Crippen LogP) is 1.23. The van der Waals surface area contributed by atoms with Crippen molar-refractivity contribution in [2.75, 3.05) is 32.4 Å². The Morgan fingerprint density at radius 3 is 2.42 bits per heavy atom. The van der Waals surface area contributed by atoms with Crippen LogP contribution in [0.3, 0.4) is 0 Å². The molecule has 1 heterocycles. The number of benzene rings is 1. The lowest BCUT2D eigenvalue weighted by molar-refractivity contribution is 0.182. The third kappa shape index (κ3) is 3.92. The first-order valence-corrected chi connectivity index (χ1v) is 8.65. The number of phenols is 1. The van der Waals surface area contributed by atoms with Gasteiger partial charge in [0.25, 0.3) is 0 Å². The largest absolute Gasteiger partial charge is 0.507 e. The monoisotopic (exact) mass is 348 g/mol. The molecule has 0 amide bonds. The van der Waals surface area contributed by atoms with Gasteiger partial charge in [-0.15, -0.1) is 0 Å². The van der Waals surface area contributed by atoms with Crippen LogP contribution >= 0.6 is 15.9 Å². The minimum atomic E-state index is -3.07. The third-order valence-corrected chi connectivity index (χ3v) is 5.16. The number of nitrogens with zero attached hydrogens (tertiary/aromatic N) is 2. The zero-order valence-corrected chi connectivity index (χ0v) is 13.1. The zero-order valence-electron chi connectivity index (χ0n) is 10.7. The van der Waals surface area contributed by atoms with Gasteiger partial charge in [0.15, 0.2) is 0 Å². The maximum absolute atomic E-state index is 11.4. The van der Waals surface area contributed by atoms with Crippen LogP contribution in [0.1, 0.15) is 5.56 Å². The average molecular weight is 349 g/mol. The van der Waals surface area contributed by atoms with E-state index in [0.29, 0.717) is 17.6 Å². The molecule has 1 N–H and O–H groups in total. The van der Waals surface area contributed by atoms with Crippen LogP contribution < -0.4 is 0 Å². The molecule has 0 radical (unpaired) electrons. The number of hydrogen-bond acceptors (Lipinski definition) is 4. The summed E-state index contributed by atoms with van der Waals surface area (Å²) < 4.78 is 25.0. The molecule has 0 bridgehead atoms. The van der Waals surface area contributed by atoms with Crippen molar-refractivity contribution in [3.8, 4) is 5.75 Å². The van der Waals surface area contributed by atoms with Gasteiger partial charge in [-0.3, -0.25) is 4.90 Å². The Kier molecular flexibility index (Phi) is 4.50. The summed E-state index contributed by atoms with van der Waals surface area (Å²) >= 11 is 3.29. The van der Waals surface area contributed by atoms with E-state index in [1.165, 1.54) is 10.6 Å². The third-order valence-electron chi connectivity index (χ3n) is 3.22. The van der Waals surface area contributed by atoms with Crippen LogP contribution in [-0.2, 0) is 16.6 Å². The van der Waals surface area contributed by atoms with E-state index < -0.39 is 10.0 Å². The number of sulfonamides is 1. The Hall–Kier alpha value is -0.630. The molecule has 1 fully saturated rings. The standard InChI is InChI=1S/C12H17BrN2O3S/c1-19(17,18)15-6-4-14(5-7-15)9-10-2-3-12(16)11(13)8-10/h2-3,8,16H,4-7,9H2,1H3. The van der Waals surface area contributed by atoms with Crippen molar-refractivity contribution in [3.63, 3.8) is 0 Å². The van der Waals surface area contributed by atoms with E-state index in [1.54, 1.807) is 6.07 Å². The minimum Gasteiger partial charge on any atom is -0.507 e. The van der Waals surface area contributed by atoms with E-state index in [9.17, 15) is 13.5 Å². The van der Waals surface area contributed by atoms with Gasteiger partial charge in [-0.25, -0.2) is 8.42 Å². The summed E-state index contributed by atoms with van der Waals surface area (Å²) in [7, 11) is -3.07. The molecule has 5 nitrogen and oxygen atoms in total. The fraction of sp³-hybridized carbons (Fsp3) is 0.500.